The lowest BCUT2D eigenvalue weighted by Crippen LogP contribution is -2.53. The monoisotopic (exact) mass is 369 g/mol. The van der Waals surface area contributed by atoms with Crippen LogP contribution in [0.25, 0.3) is 10.2 Å². The third kappa shape index (κ3) is 2.81. The van der Waals surface area contributed by atoms with Gasteiger partial charge in [0.1, 0.15) is 17.0 Å². The topological polar surface area (TPSA) is 38.2 Å². The highest BCUT2D eigenvalue weighted by molar-refractivity contribution is 9.09. The Hall–Kier alpha value is -0.720. The number of alkyl halides is 1. The zero-order valence-electron chi connectivity index (χ0n) is 12.8. The molecule has 1 fully saturated rings. The quantitative estimate of drug-likeness (QED) is 0.756. The molecule has 4 nitrogen and oxygen atoms in total. The lowest BCUT2D eigenvalue weighted by molar-refractivity contribution is -0.0725. The summed E-state index contributed by atoms with van der Waals surface area (Å²) in [6.45, 7) is 10.3. The van der Waals surface area contributed by atoms with Gasteiger partial charge in [0.05, 0.1) is 17.1 Å². The number of aromatic nitrogens is 2. The summed E-state index contributed by atoms with van der Waals surface area (Å²) in [5.41, 5.74) is 1.12. The summed E-state index contributed by atoms with van der Waals surface area (Å²) >= 11 is 5.29. The van der Waals surface area contributed by atoms with Crippen LogP contribution in [-0.4, -0.2) is 40.1 Å². The molecule has 0 spiro atoms. The molecule has 3 heterocycles. The number of rotatable bonds is 2. The van der Waals surface area contributed by atoms with Crippen molar-refractivity contribution in [3.05, 3.63) is 16.8 Å². The molecule has 0 N–H and O–H groups in total. The van der Waals surface area contributed by atoms with Gasteiger partial charge in [-0.1, -0.05) is 15.9 Å². The fourth-order valence-electron chi connectivity index (χ4n) is 2.94. The van der Waals surface area contributed by atoms with Gasteiger partial charge in [-0.25, -0.2) is 9.97 Å². The number of morpholine rings is 1. The number of hydrogen-bond acceptors (Lipinski definition) is 5. The van der Waals surface area contributed by atoms with Crippen LogP contribution in [0.15, 0.2) is 6.33 Å². The van der Waals surface area contributed by atoms with Crippen molar-refractivity contribution in [1.82, 2.24) is 9.97 Å². The number of anilines is 1. The third-order valence-corrected chi connectivity index (χ3v) is 5.74. The average molecular weight is 370 g/mol. The van der Waals surface area contributed by atoms with E-state index in [1.807, 2.05) is 0 Å². The summed E-state index contributed by atoms with van der Waals surface area (Å²) in [4.78, 5) is 13.8. The van der Waals surface area contributed by atoms with E-state index < -0.39 is 0 Å². The molecule has 0 amide bonds. The molecule has 1 aliphatic heterocycles. The number of aryl methyl sites for hydroxylation is 2. The fraction of sp³-hybridized carbons (Fsp3) is 0.600. The predicted molar refractivity (Wildman–Crippen MR) is 91.8 cm³/mol. The van der Waals surface area contributed by atoms with Gasteiger partial charge in [0.2, 0.25) is 0 Å². The molecule has 0 bridgehead atoms. The number of halogens is 1. The van der Waals surface area contributed by atoms with E-state index in [1.54, 1.807) is 17.7 Å². The highest BCUT2D eigenvalue weighted by Crippen LogP contribution is 2.36. The van der Waals surface area contributed by atoms with E-state index >= 15 is 0 Å². The SMILES string of the molecule is Cc1sc2ncnc(N3CC(CBr)OC(C)(C)C3)c2c1C. The molecule has 3 rings (SSSR count). The van der Waals surface area contributed by atoms with Crippen LogP contribution in [0.5, 0.6) is 0 Å². The summed E-state index contributed by atoms with van der Waals surface area (Å²) in [6, 6.07) is 0. The van der Waals surface area contributed by atoms with Gasteiger partial charge in [0.15, 0.2) is 0 Å². The summed E-state index contributed by atoms with van der Waals surface area (Å²) in [5, 5.41) is 2.04. The Morgan fingerprint density at radius 1 is 1.43 bits per heavy atom. The minimum Gasteiger partial charge on any atom is -0.368 e. The van der Waals surface area contributed by atoms with E-state index in [-0.39, 0.29) is 11.7 Å². The van der Waals surface area contributed by atoms with E-state index in [0.29, 0.717) is 0 Å². The van der Waals surface area contributed by atoms with Crippen LogP contribution in [0.4, 0.5) is 5.82 Å². The van der Waals surface area contributed by atoms with E-state index in [4.69, 9.17) is 4.74 Å². The van der Waals surface area contributed by atoms with Gasteiger partial charge in [-0.3, -0.25) is 0 Å². The Labute approximate surface area is 137 Å². The first kappa shape index (κ1) is 15.2. The molecular formula is C15H20BrN3OS. The number of fused-ring (bicyclic) bond motifs is 1. The van der Waals surface area contributed by atoms with Crippen molar-refractivity contribution < 1.29 is 4.74 Å². The summed E-state index contributed by atoms with van der Waals surface area (Å²) in [6.07, 6.45) is 1.86. The molecule has 6 heteroatoms. The number of hydrogen-bond donors (Lipinski definition) is 0. The Bertz CT molecular complexity index is 670. The maximum Gasteiger partial charge on any atom is 0.141 e. The van der Waals surface area contributed by atoms with Gasteiger partial charge in [-0.2, -0.15) is 0 Å². The minimum absolute atomic E-state index is 0.174. The van der Waals surface area contributed by atoms with Crippen molar-refractivity contribution in [2.45, 2.75) is 39.4 Å². The summed E-state index contributed by atoms with van der Waals surface area (Å²) in [5.74, 6) is 1.05. The van der Waals surface area contributed by atoms with Crippen LogP contribution in [0.1, 0.15) is 24.3 Å². The first-order valence-electron chi connectivity index (χ1n) is 7.11. The highest BCUT2D eigenvalue weighted by atomic mass is 79.9. The average Bonchev–Trinajstić information content (AvgIpc) is 2.72. The number of nitrogens with zero attached hydrogens (tertiary/aromatic N) is 3. The number of ether oxygens (including phenoxy) is 1. The highest BCUT2D eigenvalue weighted by Gasteiger charge is 2.34. The number of thiophene rings is 1. The molecule has 0 aromatic carbocycles. The molecule has 0 aliphatic carbocycles. The van der Waals surface area contributed by atoms with Crippen molar-refractivity contribution in [3.63, 3.8) is 0 Å². The van der Waals surface area contributed by atoms with Crippen LogP contribution in [0.3, 0.4) is 0 Å². The lowest BCUT2D eigenvalue weighted by atomic mass is 10.0. The molecule has 0 radical (unpaired) electrons. The van der Waals surface area contributed by atoms with Crippen LogP contribution in [0.2, 0.25) is 0 Å². The van der Waals surface area contributed by atoms with E-state index in [1.165, 1.54) is 15.8 Å². The normalized spacial score (nSPS) is 22.0. The third-order valence-electron chi connectivity index (χ3n) is 3.90. The largest absolute Gasteiger partial charge is 0.368 e. The molecule has 114 valence electrons. The Balaban J connectivity index is 2.07. The van der Waals surface area contributed by atoms with E-state index in [9.17, 15) is 0 Å². The second-order valence-electron chi connectivity index (χ2n) is 6.20. The lowest BCUT2D eigenvalue weighted by Gasteiger charge is -2.43. The molecule has 1 unspecified atom stereocenters. The Morgan fingerprint density at radius 2 is 2.19 bits per heavy atom. The van der Waals surface area contributed by atoms with Crippen LogP contribution >= 0.6 is 27.3 Å². The fourth-order valence-corrected chi connectivity index (χ4v) is 4.27. The van der Waals surface area contributed by atoms with Gasteiger partial charge in [0, 0.05) is 23.3 Å². The van der Waals surface area contributed by atoms with Crippen molar-refractivity contribution >= 4 is 43.3 Å². The van der Waals surface area contributed by atoms with Crippen molar-refractivity contribution in [1.29, 1.82) is 0 Å². The maximum atomic E-state index is 6.09. The smallest absolute Gasteiger partial charge is 0.141 e. The predicted octanol–water partition coefficient (Wildman–Crippen LogP) is 3.69. The maximum absolute atomic E-state index is 6.09. The molecule has 2 aromatic heterocycles. The van der Waals surface area contributed by atoms with Crippen LogP contribution in [0, 0.1) is 13.8 Å². The Kier molecular flexibility index (Phi) is 3.96. The Morgan fingerprint density at radius 3 is 2.90 bits per heavy atom. The van der Waals surface area contributed by atoms with Crippen LogP contribution in [-0.2, 0) is 4.74 Å². The molecule has 1 atom stereocenters. The van der Waals surface area contributed by atoms with Gasteiger partial charge in [0.25, 0.3) is 0 Å². The summed E-state index contributed by atoms with van der Waals surface area (Å²) in [7, 11) is 0. The van der Waals surface area contributed by atoms with Crippen molar-refractivity contribution in [2.24, 2.45) is 0 Å². The molecule has 21 heavy (non-hydrogen) atoms. The van der Waals surface area contributed by atoms with Gasteiger partial charge in [-0.05, 0) is 33.3 Å². The van der Waals surface area contributed by atoms with E-state index in [2.05, 4.69) is 58.5 Å². The van der Waals surface area contributed by atoms with Crippen molar-refractivity contribution in [2.75, 3.05) is 23.3 Å². The second-order valence-corrected chi connectivity index (χ2v) is 8.05. The summed E-state index contributed by atoms with van der Waals surface area (Å²) < 4.78 is 6.09. The zero-order chi connectivity index (χ0) is 15.2. The molecular weight excluding hydrogens is 350 g/mol. The standard InChI is InChI=1S/C15H20BrN3OS/c1-9-10(2)21-14-12(9)13(17-8-18-14)19-6-11(5-16)20-15(3,4)7-19/h8,11H,5-7H2,1-4H3. The second kappa shape index (κ2) is 5.48. The van der Waals surface area contributed by atoms with Gasteiger partial charge < -0.3 is 9.64 Å². The van der Waals surface area contributed by atoms with Crippen LogP contribution < -0.4 is 4.90 Å². The minimum atomic E-state index is -0.174. The molecule has 1 aliphatic rings. The van der Waals surface area contributed by atoms with Gasteiger partial charge in [-0.15, -0.1) is 11.3 Å². The van der Waals surface area contributed by atoms with Gasteiger partial charge >= 0.3 is 0 Å². The first-order valence-corrected chi connectivity index (χ1v) is 9.04. The van der Waals surface area contributed by atoms with E-state index in [0.717, 1.165) is 29.1 Å². The van der Waals surface area contributed by atoms with Crippen molar-refractivity contribution in [3.8, 4) is 0 Å². The molecule has 1 saturated heterocycles. The zero-order valence-corrected chi connectivity index (χ0v) is 15.2. The molecule has 2 aromatic rings. The molecule has 0 saturated carbocycles. The first-order chi connectivity index (χ1) is 9.91.